The van der Waals surface area contributed by atoms with Crippen molar-refractivity contribution in [3.8, 4) is 5.82 Å². The van der Waals surface area contributed by atoms with Gasteiger partial charge in [-0.1, -0.05) is 19.3 Å². The van der Waals surface area contributed by atoms with Crippen LogP contribution in [0.3, 0.4) is 0 Å². The molecule has 0 spiro atoms. The largest absolute Gasteiger partial charge is 0.335 e. The van der Waals surface area contributed by atoms with Crippen LogP contribution in [0.1, 0.15) is 32.1 Å². The molecule has 2 aromatic heterocycles. The van der Waals surface area contributed by atoms with E-state index in [0.29, 0.717) is 11.6 Å². The highest BCUT2D eigenvalue weighted by molar-refractivity contribution is 5.88. The molecule has 2 amide bonds. The predicted molar refractivity (Wildman–Crippen MR) is 78.2 cm³/mol. The topological polar surface area (TPSA) is 84.7 Å². The second-order valence-electron chi connectivity index (χ2n) is 5.15. The number of carbonyl (C=O) groups is 1. The maximum atomic E-state index is 12.0. The van der Waals surface area contributed by atoms with Crippen LogP contribution in [0.2, 0.25) is 0 Å². The first-order valence-electron chi connectivity index (χ1n) is 7.21. The molecule has 2 aromatic rings. The number of hydrogen-bond acceptors (Lipinski definition) is 4. The van der Waals surface area contributed by atoms with Crippen LogP contribution < -0.4 is 10.6 Å². The molecule has 3 rings (SSSR count). The lowest BCUT2D eigenvalue weighted by atomic mass is 9.96. The molecule has 0 aromatic carbocycles. The Morgan fingerprint density at radius 2 is 2.10 bits per heavy atom. The molecule has 0 bridgehead atoms. The minimum absolute atomic E-state index is 0.216. The van der Waals surface area contributed by atoms with E-state index in [-0.39, 0.29) is 12.1 Å². The van der Waals surface area contributed by atoms with Gasteiger partial charge in [0.1, 0.15) is 12.1 Å². The first-order chi connectivity index (χ1) is 10.3. The van der Waals surface area contributed by atoms with Crippen LogP contribution in [-0.2, 0) is 0 Å². The fourth-order valence-corrected chi connectivity index (χ4v) is 2.53. The number of carbonyl (C=O) groups excluding carboxylic acids is 1. The Bertz CT molecular complexity index is 591. The third kappa shape index (κ3) is 3.56. The lowest BCUT2D eigenvalue weighted by molar-refractivity contribution is 0.244. The van der Waals surface area contributed by atoms with E-state index in [0.717, 1.165) is 12.8 Å². The van der Waals surface area contributed by atoms with Gasteiger partial charge in [0.25, 0.3) is 0 Å². The average Bonchev–Trinajstić information content (AvgIpc) is 3.02. The fourth-order valence-electron chi connectivity index (χ4n) is 2.53. The lowest BCUT2D eigenvalue weighted by Crippen LogP contribution is -2.39. The molecule has 0 radical (unpaired) electrons. The maximum absolute atomic E-state index is 12.0. The summed E-state index contributed by atoms with van der Waals surface area (Å²) >= 11 is 0. The second-order valence-corrected chi connectivity index (χ2v) is 5.15. The van der Waals surface area contributed by atoms with Crippen LogP contribution in [0, 0.1) is 0 Å². The number of urea groups is 1. The van der Waals surface area contributed by atoms with Crippen LogP contribution in [0.15, 0.2) is 30.9 Å². The zero-order valence-corrected chi connectivity index (χ0v) is 11.7. The van der Waals surface area contributed by atoms with Gasteiger partial charge in [-0.25, -0.2) is 19.4 Å². The predicted octanol–water partition coefficient (Wildman–Crippen LogP) is 2.12. The molecule has 7 nitrogen and oxygen atoms in total. The first-order valence-corrected chi connectivity index (χ1v) is 7.21. The summed E-state index contributed by atoms with van der Waals surface area (Å²) in [4.78, 5) is 20.2. The van der Waals surface area contributed by atoms with Crippen molar-refractivity contribution < 1.29 is 4.79 Å². The Morgan fingerprint density at radius 1 is 1.24 bits per heavy atom. The number of nitrogens with zero attached hydrogens (tertiary/aromatic N) is 4. The third-order valence-corrected chi connectivity index (χ3v) is 3.57. The third-order valence-electron chi connectivity index (χ3n) is 3.57. The van der Waals surface area contributed by atoms with Crippen molar-refractivity contribution in [3.05, 3.63) is 30.9 Å². The fraction of sp³-hybridized carbons (Fsp3) is 0.429. The summed E-state index contributed by atoms with van der Waals surface area (Å²) < 4.78 is 1.62. The normalized spacial score (nSPS) is 15.6. The summed E-state index contributed by atoms with van der Waals surface area (Å²) in [5.41, 5.74) is 0. The molecule has 21 heavy (non-hydrogen) atoms. The maximum Gasteiger partial charge on any atom is 0.320 e. The SMILES string of the molecule is O=C(Nc1cc(-n2cccn2)ncn1)NC1CCCCC1. The van der Waals surface area contributed by atoms with Gasteiger partial charge in [0, 0.05) is 24.5 Å². The molecule has 1 aliphatic carbocycles. The van der Waals surface area contributed by atoms with Gasteiger partial charge in [0.2, 0.25) is 0 Å². The molecule has 0 atom stereocenters. The van der Waals surface area contributed by atoms with E-state index in [2.05, 4.69) is 25.7 Å². The van der Waals surface area contributed by atoms with E-state index in [1.54, 1.807) is 23.1 Å². The monoisotopic (exact) mass is 286 g/mol. The highest BCUT2D eigenvalue weighted by atomic mass is 16.2. The molecule has 1 aliphatic rings. The minimum atomic E-state index is -0.216. The molecular formula is C14H18N6O. The molecule has 2 N–H and O–H groups in total. The van der Waals surface area contributed by atoms with Crippen LogP contribution in [0.4, 0.5) is 10.6 Å². The Balaban J connectivity index is 1.62. The molecule has 1 fully saturated rings. The van der Waals surface area contributed by atoms with Crippen LogP contribution in [0.25, 0.3) is 5.82 Å². The Labute approximate surface area is 122 Å². The number of rotatable bonds is 3. The summed E-state index contributed by atoms with van der Waals surface area (Å²) in [5, 5.41) is 9.84. The number of nitrogens with one attached hydrogen (secondary N) is 2. The van der Waals surface area contributed by atoms with Crippen molar-refractivity contribution in [2.24, 2.45) is 0 Å². The summed E-state index contributed by atoms with van der Waals surface area (Å²) in [6.45, 7) is 0. The van der Waals surface area contributed by atoms with Crippen LogP contribution in [-0.4, -0.2) is 31.8 Å². The smallest absolute Gasteiger partial charge is 0.320 e. The van der Waals surface area contributed by atoms with Crippen molar-refractivity contribution in [2.75, 3.05) is 5.32 Å². The van der Waals surface area contributed by atoms with Gasteiger partial charge in [-0.05, 0) is 18.9 Å². The zero-order chi connectivity index (χ0) is 14.5. The van der Waals surface area contributed by atoms with Crippen molar-refractivity contribution in [1.82, 2.24) is 25.1 Å². The Kier molecular flexibility index (Phi) is 4.09. The molecule has 2 heterocycles. The van der Waals surface area contributed by atoms with E-state index in [4.69, 9.17) is 0 Å². The van der Waals surface area contributed by atoms with Gasteiger partial charge in [0.05, 0.1) is 0 Å². The Morgan fingerprint density at radius 3 is 2.86 bits per heavy atom. The van der Waals surface area contributed by atoms with Gasteiger partial charge in [-0.2, -0.15) is 5.10 Å². The number of hydrogen-bond donors (Lipinski definition) is 2. The highest BCUT2D eigenvalue weighted by Gasteiger charge is 2.15. The summed E-state index contributed by atoms with van der Waals surface area (Å²) in [6.07, 6.45) is 10.6. The van der Waals surface area contributed by atoms with E-state index in [1.165, 1.54) is 25.6 Å². The zero-order valence-electron chi connectivity index (χ0n) is 11.7. The van der Waals surface area contributed by atoms with Gasteiger partial charge >= 0.3 is 6.03 Å². The van der Waals surface area contributed by atoms with Crippen molar-refractivity contribution >= 4 is 11.8 Å². The second kappa shape index (κ2) is 6.34. The van der Waals surface area contributed by atoms with Crippen molar-refractivity contribution in [2.45, 2.75) is 38.1 Å². The summed E-state index contributed by atoms with van der Waals surface area (Å²) in [6, 6.07) is 3.55. The van der Waals surface area contributed by atoms with Gasteiger partial charge in [0.15, 0.2) is 5.82 Å². The minimum Gasteiger partial charge on any atom is -0.335 e. The van der Waals surface area contributed by atoms with Gasteiger partial charge in [-0.3, -0.25) is 5.32 Å². The van der Waals surface area contributed by atoms with Crippen molar-refractivity contribution in [3.63, 3.8) is 0 Å². The van der Waals surface area contributed by atoms with Crippen LogP contribution in [0.5, 0.6) is 0 Å². The van der Waals surface area contributed by atoms with Gasteiger partial charge < -0.3 is 5.32 Å². The average molecular weight is 286 g/mol. The molecule has 1 saturated carbocycles. The number of anilines is 1. The van der Waals surface area contributed by atoms with E-state index < -0.39 is 0 Å². The van der Waals surface area contributed by atoms with Crippen molar-refractivity contribution in [1.29, 1.82) is 0 Å². The Hall–Kier alpha value is -2.44. The summed E-state index contributed by atoms with van der Waals surface area (Å²) in [5.74, 6) is 1.08. The molecule has 0 unspecified atom stereocenters. The van der Waals surface area contributed by atoms with E-state index in [9.17, 15) is 4.79 Å². The standard InChI is InChI=1S/C14H18N6O/c21-14(18-11-5-2-1-3-6-11)19-12-9-13(16-10-15-12)20-8-4-7-17-20/h4,7-11H,1-3,5-6H2,(H2,15,16,18,19,21). The van der Waals surface area contributed by atoms with E-state index in [1.807, 2.05) is 6.07 Å². The first kappa shape index (κ1) is 13.5. The summed E-state index contributed by atoms with van der Waals surface area (Å²) in [7, 11) is 0. The molecule has 110 valence electrons. The van der Waals surface area contributed by atoms with E-state index >= 15 is 0 Å². The number of amides is 2. The highest BCUT2D eigenvalue weighted by Crippen LogP contribution is 2.17. The number of aromatic nitrogens is 4. The molecule has 0 aliphatic heterocycles. The molecule has 0 saturated heterocycles. The lowest BCUT2D eigenvalue weighted by Gasteiger charge is -2.22. The molecule has 7 heteroatoms. The quantitative estimate of drug-likeness (QED) is 0.905. The van der Waals surface area contributed by atoms with Crippen LogP contribution >= 0.6 is 0 Å². The molecular weight excluding hydrogens is 268 g/mol. The van der Waals surface area contributed by atoms with Gasteiger partial charge in [-0.15, -0.1) is 0 Å².